The maximum absolute atomic E-state index is 5.05. The number of fused-ring (bicyclic) bond motifs is 8. The van der Waals surface area contributed by atoms with Gasteiger partial charge in [-0.2, -0.15) is 0 Å². The van der Waals surface area contributed by atoms with Gasteiger partial charge in [0.05, 0.1) is 22.8 Å². The summed E-state index contributed by atoms with van der Waals surface area (Å²) in [4.78, 5) is 18.5. The zero-order valence-electron chi connectivity index (χ0n) is 28.0. The quantitative estimate of drug-likeness (QED) is 0.185. The highest BCUT2D eigenvalue weighted by atomic mass is 14.7. The van der Waals surface area contributed by atoms with Crippen molar-refractivity contribution < 1.29 is 0 Å². The van der Waals surface area contributed by atoms with Crippen LogP contribution >= 0.6 is 0 Å². The van der Waals surface area contributed by atoms with Crippen molar-refractivity contribution in [3.05, 3.63) is 170 Å². The monoisotopic (exact) mass is 660 g/mol. The maximum atomic E-state index is 5.05. The molecule has 2 aliphatic carbocycles. The smallest absolute Gasteiger partial charge is 0.0794 e. The molecule has 0 unspecified atom stereocenters. The largest absolute Gasteiger partial charge is 0.264 e. The van der Waals surface area contributed by atoms with E-state index in [1.54, 1.807) is 0 Å². The fourth-order valence-corrected chi connectivity index (χ4v) is 8.10. The second kappa shape index (κ2) is 11.2. The average Bonchev–Trinajstić information content (AvgIpc) is 3.72. The van der Waals surface area contributed by atoms with Gasteiger partial charge in [-0.05, 0) is 92.0 Å². The summed E-state index contributed by atoms with van der Waals surface area (Å²) in [6.07, 6.45) is 7.46. The normalized spacial score (nSPS) is 11.8. The fourth-order valence-electron chi connectivity index (χ4n) is 8.10. The minimum Gasteiger partial charge on any atom is -0.264 e. The molecule has 6 aromatic carbocycles. The van der Waals surface area contributed by atoms with E-state index >= 15 is 0 Å². The minimum atomic E-state index is 0.999. The van der Waals surface area contributed by atoms with Crippen LogP contribution in [0, 0.1) is 0 Å². The summed E-state index contributed by atoms with van der Waals surface area (Å²) in [6, 6.07) is 51.6. The van der Waals surface area contributed by atoms with Crippen molar-refractivity contribution in [2.45, 2.75) is 0 Å². The van der Waals surface area contributed by atoms with Crippen LogP contribution in [0.1, 0.15) is 0 Å². The summed E-state index contributed by atoms with van der Waals surface area (Å²) in [5, 5.41) is 9.85. The number of benzene rings is 6. The highest BCUT2D eigenvalue weighted by Gasteiger charge is 2.24. The molecule has 0 bridgehead atoms. The van der Waals surface area contributed by atoms with Crippen molar-refractivity contribution in [2.75, 3.05) is 0 Å². The van der Waals surface area contributed by atoms with Gasteiger partial charge in [-0.15, -0.1) is 0 Å². The highest BCUT2D eigenvalue weighted by Crippen LogP contribution is 2.48. The number of hydrogen-bond donors (Lipinski definition) is 0. The van der Waals surface area contributed by atoms with Crippen molar-refractivity contribution in [1.82, 2.24) is 19.9 Å². The van der Waals surface area contributed by atoms with E-state index < -0.39 is 0 Å². The van der Waals surface area contributed by atoms with Crippen LogP contribution in [0.4, 0.5) is 0 Å². The van der Waals surface area contributed by atoms with Crippen molar-refractivity contribution >= 4 is 43.1 Å². The molecule has 4 aromatic heterocycles. The van der Waals surface area contributed by atoms with Crippen LogP contribution in [0.2, 0.25) is 0 Å². The van der Waals surface area contributed by atoms with Gasteiger partial charge in [-0.3, -0.25) is 9.97 Å². The van der Waals surface area contributed by atoms with Crippen molar-refractivity contribution in [2.24, 2.45) is 0 Å². The molecule has 240 valence electrons. The summed E-state index contributed by atoms with van der Waals surface area (Å²) in [6.45, 7) is 0. The Morgan fingerprint density at radius 1 is 0.308 bits per heavy atom. The predicted octanol–water partition coefficient (Wildman–Crippen LogP) is 12.2. The summed E-state index contributed by atoms with van der Waals surface area (Å²) in [7, 11) is 0. The average molecular weight is 661 g/mol. The topological polar surface area (TPSA) is 51.6 Å². The number of aromatic nitrogens is 4. The molecule has 0 spiro atoms. The van der Waals surface area contributed by atoms with E-state index in [0.717, 1.165) is 44.7 Å². The lowest BCUT2D eigenvalue weighted by Gasteiger charge is -2.07. The molecule has 0 aliphatic heterocycles. The van der Waals surface area contributed by atoms with Crippen molar-refractivity contribution in [1.29, 1.82) is 0 Å². The Hall–Kier alpha value is -7.04. The van der Waals surface area contributed by atoms with Crippen molar-refractivity contribution in [3.63, 3.8) is 0 Å². The lowest BCUT2D eigenvalue weighted by Crippen LogP contribution is -1.88. The molecule has 0 atom stereocenters. The van der Waals surface area contributed by atoms with Crippen LogP contribution in [0.5, 0.6) is 0 Å². The molecular weight excluding hydrogens is 633 g/mol. The number of nitrogens with zero attached hydrogens (tertiary/aromatic N) is 4. The second-order valence-electron chi connectivity index (χ2n) is 13.5. The van der Waals surface area contributed by atoms with Gasteiger partial charge in [0.25, 0.3) is 0 Å². The van der Waals surface area contributed by atoms with Crippen LogP contribution in [0.15, 0.2) is 170 Å². The Balaban J connectivity index is 0.000000123. The molecule has 12 rings (SSSR count). The fraction of sp³-hybridized carbons (Fsp3) is 0. The van der Waals surface area contributed by atoms with Gasteiger partial charge in [0.2, 0.25) is 0 Å². The van der Waals surface area contributed by atoms with Gasteiger partial charge in [0.15, 0.2) is 0 Å². The van der Waals surface area contributed by atoms with Gasteiger partial charge in [-0.1, -0.05) is 97.1 Å². The molecule has 4 nitrogen and oxygen atoms in total. The van der Waals surface area contributed by atoms with E-state index in [0.29, 0.717) is 0 Å². The first kappa shape index (κ1) is 28.8. The van der Waals surface area contributed by atoms with Crippen LogP contribution < -0.4 is 0 Å². The Morgan fingerprint density at radius 2 is 0.788 bits per heavy atom. The molecule has 52 heavy (non-hydrogen) atoms. The first-order valence-electron chi connectivity index (χ1n) is 17.5. The highest BCUT2D eigenvalue weighted by molar-refractivity contribution is 6.15. The summed E-state index contributed by atoms with van der Waals surface area (Å²) in [5.41, 5.74) is 13.9. The van der Waals surface area contributed by atoms with E-state index in [2.05, 4.69) is 143 Å². The lowest BCUT2D eigenvalue weighted by atomic mass is 10.0. The molecule has 10 aromatic rings. The Labute approximate surface area is 299 Å². The second-order valence-corrected chi connectivity index (χ2v) is 13.5. The van der Waals surface area contributed by atoms with Gasteiger partial charge < -0.3 is 0 Å². The van der Waals surface area contributed by atoms with E-state index in [1.807, 2.05) is 36.9 Å². The van der Waals surface area contributed by atoms with Gasteiger partial charge in [0, 0.05) is 68.9 Å². The lowest BCUT2D eigenvalue weighted by molar-refractivity contribution is 1.34. The van der Waals surface area contributed by atoms with Crippen molar-refractivity contribution in [3.8, 4) is 67.3 Å². The first-order chi connectivity index (χ1) is 25.8. The zero-order chi connectivity index (χ0) is 34.2. The third kappa shape index (κ3) is 4.41. The third-order valence-electron chi connectivity index (χ3n) is 10.6. The summed E-state index contributed by atoms with van der Waals surface area (Å²) >= 11 is 0. The van der Waals surface area contributed by atoms with E-state index in [9.17, 15) is 0 Å². The number of hydrogen-bond acceptors (Lipinski definition) is 4. The summed E-state index contributed by atoms with van der Waals surface area (Å²) < 4.78 is 0. The molecule has 0 N–H and O–H groups in total. The van der Waals surface area contributed by atoms with Crippen LogP contribution in [-0.2, 0) is 0 Å². The van der Waals surface area contributed by atoms with Crippen LogP contribution in [-0.4, -0.2) is 19.9 Å². The molecule has 0 saturated heterocycles. The SMILES string of the molecule is c1cc2c3c(cccc3c1)-c1nc(-c3ccc4ccncc4c3)ccc1-2.c1cc2c3c(cccc3c1)-c1nc(-c3ccc4cnccc4c3)ccc1-2. The van der Waals surface area contributed by atoms with E-state index in [4.69, 9.17) is 9.97 Å². The minimum absolute atomic E-state index is 0.999. The maximum Gasteiger partial charge on any atom is 0.0794 e. The van der Waals surface area contributed by atoms with E-state index in [-0.39, 0.29) is 0 Å². The Bertz CT molecular complexity index is 2870. The van der Waals surface area contributed by atoms with Gasteiger partial charge in [-0.25, -0.2) is 9.97 Å². The molecule has 4 heterocycles. The summed E-state index contributed by atoms with van der Waals surface area (Å²) in [5.74, 6) is 0. The van der Waals surface area contributed by atoms with Crippen LogP contribution in [0.3, 0.4) is 0 Å². The molecular formula is C48H28N4. The molecule has 0 amide bonds. The molecule has 2 aliphatic rings. The zero-order valence-corrected chi connectivity index (χ0v) is 28.0. The molecule has 0 radical (unpaired) electrons. The first-order valence-corrected chi connectivity index (χ1v) is 17.5. The van der Waals surface area contributed by atoms with Crippen LogP contribution in [0.25, 0.3) is 110 Å². The Morgan fingerprint density at radius 3 is 1.37 bits per heavy atom. The third-order valence-corrected chi connectivity index (χ3v) is 10.6. The predicted molar refractivity (Wildman–Crippen MR) is 214 cm³/mol. The molecule has 0 saturated carbocycles. The van der Waals surface area contributed by atoms with Gasteiger partial charge >= 0.3 is 0 Å². The number of pyridine rings is 4. The molecule has 4 heteroatoms. The standard InChI is InChI=1S/2C24H14N2/c1-3-16-4-2-6-21-23(16)19(5-1)20-9-10-22(26-24(20)21)17-8-7-15-11-12-25-14-18(15)13-17;1-3-15-4-2-6-21-23(15)19(5-1)20-9-10-22(26-24(20)21)17-7-8-18-14-25-12-11-16(18)13-17/h2*1-14H. The molecule has 0 fully saturated rings. The number of rotatable bonds is 2. The Kier molecular flexibility index (Phi) is 6.22. The van der Waals surface area contributed by atoms with E-state index in [1.165, 1.54) is 65.7 Å². The van der Waals surface area contributed by atoms with Gasteiger partial charge in [0.1, 0.15) is 0 Å².